The predicted octanol–water partition coefficient (Wildman–Crippen LogP) is 1.37. The van der Waals surface area contributed by atoms with Crippen LogP contribution in [0.2, 0.25) is 0 Å². The lowest BCUT2D eigenvalue weighted by molar-refractivity contribution is -0.119. The highest BCUT2D eigenvalue weighted by molar-refractivity contribution is 7.99. The second-order valence-electron chi connectivity index (χ2n) is 3.32. The average Bonchev–Trinajstić information content (AvgIpc) is 2.76. The topological polar surface area (TPSA) is 98.0 Å². The van der Waals surface area contributed by atoms with Crippen LogP contribution in [0.25, 0.3) is 10.2 Å². The summed E-state index contributed by atoms with van der Waals surface area (Å²) in [5, 5.41) is 4.81. The van der Waals surface area contributed by atoms with Crippen LogP contribution >= 0.6 is 23.1 Å². The van der Waals surface area contributed by atoms with E-state index in [1.807, 2.05) is 16.8 Å². The number of nitrogens with zero attached hydrogens (tertiary/aromatic N) is 2. The molecule has 3 N–H and O–H groups in total. The van der Waals surface area contributed by atoms with Gasteiger partial charge in [0, 0.05) is 12.2 Å². The summed E-state index contributed by atoms with van der Waals surface area (Å²) in [6.07, 6.45) is 1.71. The molecule has 2 heterocycles. The molecule has 0 spiro atoms. The molecule has 0 saturated carbocycles. The molecule has 0 aliphatic heterocycles. The first kappa shape index (κ1) is 12.8. The number of amides is 3. The maximum absolute atomic E-state index is 11.2. The summed E-state index contributed by atoms with van der Waals surface area (Å²) < 4.78 is 1.01. The van der Waals surface area contributed by atoms with E-state index in [1.54, 1.807) is 11.3 Å². The van der Waals surface area contributed by atoms with Gasteiger partial charge in [-0.25, -0.2) is 14.8 Å². The van der Waals surface area contributed by atoms with Crippen LogP contribution in [-0.4, -0.2) is 27.7 Å². The Morgan fingerprint density at radius 1 is 1.44 bits per heavy atom. The molecule has 8 heteroatoms. The smallest absolute Gasteiger partial charge is 0.318 e. The van der Waals surface area contributed by atoms with E-state index in [0.717, 1.165) is 15.2 Å². The number of nitrogens with two attached hydrogens (primary N) is 1. The maximum Gasteiger partial charge on any atom is 0.318 e. The number of thioether (sulfide) groups is 1. The minimum Gasteiger partial charge on any atom is -0.351 e. The molecule has 0 aliphatic carbocycles. The van der Waals surface area contributed by atoms with Gasteiger partial charge in [-0.2, -0.15) is 0 Å². The third-order valence-corrected chi connectivity index (χ3v) is 4.07. The van der Waals surface area contributed by atoms with Crippen molar-refractivity contribution < 1.29 is 9.59 Å². The monoisotopic (exact) mass is 282 g/mol. The van der Waals surface area contributed by atoms with E-state index in [9.17, 15) is 9.59 Å². The zero-order valence-electron chi connectivity index (χ0n) is 9.25. The number of carbonyl (C=O) groups excluding carboxylic acids is 2. The van der Waals surface area contributed by atoms with Gasteiger partial charge in [-0.3, -0.25) is 10.1 Å². The number of nitrogens with one attached hydrogen (secondary N) is 1. The molecule has 94 valence electrons. The summed E-state index contributed by atoms with van der Waals surface area (Å²) in [5.74, 6) is 0.148. The van der Waals surface area contributed by atoms with Crippen LogP contribution in [0.5, 0.6) is 0 Å². The Morgan fingerprint density at radius 3 is 3.06 bits per heavy atom. The molecular weight excluding hydrogens is 272 g/mol. The molecule has 2 rings (SSSR count). The third kappa shape index (κ3) is 3.17. The Morgan fingerprint density at radius 2 is 2.28 bits per heavy atom. The number of carbonyl (C=O) groups is 2. The van der Waals surface area contributed by atoms with E-state index in [4.69, 9.17) is 5.73 Å². The summed E-state index contributed by atoms with van der Waals surface area (Å²) in [4.78, 5) is 30.0. The van der Waals surface area contributed by atoms with Crippen LogP contribution in [-0.2, 0) is 4.79 Å². The Hall–Kier alpha value is -1.67. The van der Waals surface area contributed by atoms with Gasteiger partial charge in [0.15, 0.2) is 0 Å². The zero-order valence-corrected chi connectivity index (χ0v) is 10.9. The molecule has 0 unspecified atom stereocenters. The zero-order chi connectivity index (χ0) is 13.0. The fourth-order valence-corrected chi connectivity index (χ4v) is 3.20. The van der Waals surface area contributed by atoms with Gasteiger partial charge in [-0.1, -0.05) is 0 Å². The first-order valence-electron chi connectivity index (χ1n) is 5.07. The summed E-state index contributed by atoms with van der Waals surface area (Å²) >= 11 is 3.02. The van der Waals surface area contributed by atoms with Gasteiger partial charge in [-0.05, 0) is 11.4 Å². The largest absolute Gasteiger partial charge is 0.351 e. The van der Waals surface area contributed by atoms with Gasteiger partial charge in [-0.15, -0.1) is 23.1 Å². The summed E-state index contributed by atoms with van der Waals surface area (Å²) in [6, 6.07) is 1.10. The molecule has 18 heavy (non-hydrogen) atoms. The van der Waals surface area contributed by atoms with E-state index in [2.05, 4.69) is 9.97 Å². The first-order valence-corrected chi connectivity index (χ1v) is 6.93. The quantitative estimate of drug-likeness (QED) is 0.652. The van der Waals surface area contributed by atoms with Crippen molar-refractivity contribution in [2.75, 3.05) is 5.75 Å². The van der Waals surface area contributed by atoms with Crippen LogP contribution in [0.3, 0.4) is 0 Å². The van der Waals surface area contributed by atoms with Gasteiger partial charge in [0.1, 0.15) is 11.4 Å². The van der Waals surface area contributed by atoms with Crippen LogP contribution < -0.4 is 11.1 Å². The Kier molecular flexibility index (Phi) is 4.11. The normalized spacial score (nSPS) is 10.4. The molecule has 0 aliphatic rings. The lowest BCUT2D eigenvalue weighted by Gasteiger charge is -2.01. The second-order valence-corrected chi connectivity index (χ2v) is 5.32. The maximum atomic E-state index is 11.2. The standard InChI is InChI=1S/C10H10N4O2S2/c11-10(16)14-7(15)2-4-18-9-8-6(1-3-17-8)12-5-13-9/h1,3,5H,2,4H2,(H3,11,14,15,16). The molecule has 0 aromatic carbocycles. The number of hydrogen-bond donors (Lipinski definition) is 2. The molecule has 6 nitrogen and oxygen atoms in total. The van der Waals surface area contributed by atoms with Crippen molar-refractivity contribution >= 4 is 45.3 Å². The lowest BCUT2D eigenvalue weighted by Crippen LogP contribution is -2.35. The van der Waals surface area contributed by atoms with E-state index in [0.29, 0.717) is 5.75 Å². The number of urea groups is 1. The van der Waals surface area contributed by atoms with E-state index >= 15 is 0 Å². The molecule has 0 atom stereocenters. The molecule has 0 bridgehead atoms. The summed E-state index contributed by atoms with van der Waals surface area (Å²) in [6.45, 7) is 0. The number of rotatable bonds is 4. The van der Waals surface area contributed by atoms with Gasteiger partial charge >= 0.3 is 6.03 Å². The SMILES string of the molecule is NC(=O)NC(=O)CCSc1ncnc2ccsc12. The number of hydrogen-bond acceptors (Lipinski definition) is 6. The van der Waals surface area contributed by atoms with Gasteiger partial charge in [0.2, 0.25) is 5.91 Å². The minimum absolute atomic E-state index is 0.213. The Balaban J connectivity index is 1.92. The first-order chi connectivity index (χ1) is 8.66. The molecule has 0 fully saturated rings. The van der Waals surface area contributed by atoms with E-state index < -0.39 is 6.03 Å². The Labute approximate surface area is 111 Å². The fourth-order valence-electron chi connectivity index (χ4n) is 1.31. The highest BCUT2D eigenvalue weighted by atomic mass is 32.2. The van der Waals surface area contributed by atoms with Crippen molar-refractivity contribution in [3.8, 4) is 0 Å². The lowest BCUT2D eigenvalue weighted by atomic mass is 10.4. The van der Waals surface area contributed by atoms with Gasteiger partial charge < -0.3 is 5.73 Å². The van der Waals surface area contributed by atoms with Crippen molar-refractivity contribution in [1.29, 1.82) is 0 Å². The van der Waals surface area contributed by atoms with E-state index in [1.165, 1.54) is 18.1 Å². The van der Waals surface area contributed by atoms with Gasteiger partial charge in [0.05, 0.1) is 10.2 Å². The van der Waals surface area contributed by atoms with Crippen molar-refractivity contribution in [3.63, 3.8) is 0 Å². The molecule has 3 amide bonds. The highest BCUT2D eigenvalue weighted by Crippen LogP contribution is 2.28. The van der Waals surface area contributed by atoms with Crippen LogP contribution in [0.4, 0.5) is 4.79 Å². The molecule has 2 aromatic heterocycles. The van der Waals surface area contributed by atoms with Crippen LogP contribution in [0.1, 0.15) is 6.42 Å². The number of primary amides is 1. The Bertz CT molecular complexity index is 584. The number of fused-ring (bicyclic) bond motifs is 1. The second kappa shape index (κ2) is 5.78. The average molecular weight is 282 g/mol. The summed E-state index contributed by atoms with van der Waals surface area (Å²) in [7, 11) is 0. The number of imide groups is 1. The van der Waals surface area contributed by atoms with Crippen LogP contribution in [0.15, 0.2) is 22.8 Å². The van der Waals surface area contributed by atoms with Crippen molar-refractivity contribution in [3.05, 3.63) is 17.8 Å². The molecule has 2 aromatic rings. The fraction of sp³-hybridized carbons (Fsp3) is 0.200. The van der Waals surface area contributed by atoms with Crippen molar-refractivity contribution in [1.82, 2.24) is 15.3 Å². The van der Waals surface area contributed by atoms with Gasteiger partial charge in [0.25, 0.3) is 0 Å². The van der Waals surface area contributed by atoms with E-state index in [-0.39, 0.29) is 12.3 Å². The molecular formula is C10H10N4O2S2. The van der Waals surface area contributed by atoms with Crippen molar-refractivity contribution in [2.24, 2.45) is 5.73 Å². The minimum atomic E-state index is -0.826. The molecule has 0 saturated heterocycles. The predicted molar refractivity (Wildman–Crippen MR) is 70.5 cm³/mol. The van der Waals surface area contributed by atoms with Crippen molar-refractivity contribution in [2.45, 2.75) is 11.4 Å². The number of aromatic nitrogens is 2. The van der Waals surface area contributed by atoms with Crippen LogP contribution in [0, 0.1) is 0 Å². The highest BCUT2D eigenvalue weighted by Gasteiger charge is 2.08. The summed E-state index contributed by atoms with van der Waals surface area (Å²) in [5.41, 5.74) is 5.74. The molecule has 0 radical (unpaired) electrons. The number of thiophene rings is 1. The third-order valence-electron chi connectivity index (χ3n) is 2.04.